The van der Waals surface area contributed by atoms with E-state index in [0.717, 1.165) is 5.69 Å². The van der Waals surface area contributed by atoms with Crippen molar-refractivity contribution < 1.29 is 14.6 Å². The number of pyridine rings is 1. The van der Waals surface area contributed by atoms with Crippen molar-refractivity contribution in [3.63, 3.8) is 0 Å². The Morgan fingerprint density at radius 1 is 1.26 bits per heavy atom. The van der Waals surface area contributed by atoms with Crippen LogP contribution >= 0.6 is 31.9 Å². The van der Waals surface area contributed by atoms with Crippen LogP contribution < -0.4 is 4.74 Å². The Bertz CT molecular complexity index is 579. The van der Waals surface area contributed by atoms with E-state index in [2.05, 4.69) is 36.8 Å². The third-order valence-corrected chi connectivity index (χ3v) is 3.51. The van der Waals surface area contributed by atoms with E-state index in [9.17, 15) is 4.79 Å². The minimum atomic E-state index is -0.988. The first-order valence-corrected chi connectivity index (χ1v) is 6.91. The number of carboxylic acid groups (broad SMARTS) is 1. The highest BCUT2D eigenvalue weighted by Crippen LogP contribution is 2.35. The molecule has 1 aromatic carbocycles. The van der Waals surface area contributed by atoms with E-state index in [1.807, 2.05) is 18.2 Å². The highest BCUT2D eigenvalue weighted by molar-refractivity contribution is 9.11. The monoisotopic (exact) mass is 385 g/mol. The van der Waals surface area contributed by atoms with E-state index in [-0.39, 0.29) is 5.56 Å². The fourth-order valence-electron chi connectivity index (χ4n) is 1.45. The van der Waals surface area contributed by atoms with Gasteiger partial charge < -0.3 is 9.84 Å². The first-order valence-electron chi connectivity index (χ1n) is 5.33. The molecule has 1 aromatic heterocycles. The summed E-state index contributed by atoms with van der Waals surface area (Å²) >= 11 is 6.60. The Morgan fingerprint density at radius 3 is 2.47 bits per heavy atom. The summed E-state index contributed by atoms with van der Waals surface area (Å²) in [4.78, 5) is 15.1. The van der Waals surface area contributed by atoms with E-state index in [1.54, 1.807) is 6.20 Å². The molecule has 0 saturated carbocycles. The molecule has 0 saturated heterocycles. The average Bonchev–Trinajstić information content (AvgIpc) is 2.38. The minimum absolute atomic E-state index is 0.184. The third kappa shape index (κ3) is 3.54. The zero-order chi connectivity index (χ0) is 13.8. The van der Waals surface area contributed by atoms with E-state index in [1.165, 1.54) is 12.1 Å². The van der Waals surface area contributed by atoms with Crippen LogP contribution in [0.5, 0.6) is 5.75 Å². The van der Waals surface area contributed by atoms with Crippen molar-refractivity contribution in [2.45, 2.75) is 6.61 Å². The maximum Gasteiger partial charge on any atom is 0.335 e. The van der Waals surface area contributed by atoms with Crippen LogP contribution in [0.2, 0.25) is 0 Å². The number of nitrogens with zero attached hydrogens (tertiary/aromatic N) is 1. The molecule has 1 N–H and O–H groups in total. The van der Waals surface area contributed by atoms with Crippen LogP contribution in [0.15, 0.2) is 45.5 Å². The standard InChI is InChI=1S/C13H9Br2NO3/c14-10-5-8(13(17)18)6-11(15)12(10)19-7-9-3-1-2-4-16-9/h1-6H,7H2,(H,17,18). The normalized spacial score (nSPS) is 10.2. The van der Waals surface area contributed by atoms with Gasteiger partial charge in [-0.2, -0.15) is 0 Å². The summed E-state index contributed by atoms with van der Waals surface area (Å²) in [5.74, 6) is -0.437. The highest BCUT2D eigenvalue weighted by Gasteiger charge is 2.13. The number of carboxylic acids is 1. The summed E-state index contributed by atoms with van der Waals surface area (Å²) in [5, 5.41) is 8.94. The molecule has 4 nitrogen and oxygen atoms in total. The molecule has 0 atom stereocenters. The van der Waals surface area contributed by atoms with Crippen LogP contribution in [-0.2, 0) is 6.61 Å². The molecule has 0 fully saturated rings. The largest absolute Gasteiger partial charge is 0.485 e. The van der Waals surface area contributed by atoms with Gasteiger partial charge in [0.2, 0.25) is 0 Å². The second-order valence-corrected chi connectivity index (χ2v) is 5.39. The number of aromatic nitrogens is 1. The van der Waals surface area contributed by atoms with Crippen molar-refractivity contribution in [3.05, 3.63) is 56.7 Å². The number of benzene rings is 1. The van der Waals surface area contributed by atoms with Crippen molar-refractivity contribution >= 4 is 37.8 Å². The Morgan fingerprint density at radius 2 is 1.95 bits per heavy atom. The molecule has 0 bridgehead atoms. The lowest BCUT2D eigenvalue weighted by Gasteiger charge is -2.10. The molecule has 0 amide bonds. The molecular formula is C13H9Br2NO3. The van der Waals surface area contributed by atoms with Crippen LogP contribution in [0.1, 0.15) is 16.1 Å². The number of hydrogen-bond donors (Lipinski definition) is 1. The van der Waals surface area contributed by atoms with Gasteiger partial charge in [0.25, 0.3) is 0 Å². The zero-order valence-electron chi connectivity index (χ0n) is 9.64. The Labute approximate surface area is 126 Å². The number of rotatable bonds is 4. The molecule has 6 heteroatoms. The summed E-state index contributed by atoms with van der Waals surface area (Å²) in [6.45, 7) is 0.310. The lowest BCUT2D eigenvalue weighted by Crippen LogP contribution is -2.01. The zero-order valence-corrected chi connectivity index (χ0v) is 12.8. The number of hydrogen-bond acceptors (Lipinski definition) is 3. The van der Waals surface area contributed by atoms with Gasteiger partial charge >= 0.3 is 5.97 Å². The van der Waals surface area contributed by atoms with E-state index < -0.39 is 5.97 Å². The molecule has 1 heterocycles. The molecule has 0 aliphatic rings. The van der Waals surface area contributed by atoms with Crippen LogP contribution in [0, 0.1) is 0 Å². The first-order chi connectivity index (χ1) is 9.08. The first kappa shape index (κ1) is 14.0. The van der Waals surface area contributed by atoms with Crippen LogP contribution in [0.4, 0.5) is 0 Å². The van der Waals surface area contributed by atoms with Gasteiger partial charge in [0, 0.05) is 6.20 Å². The number of halogens is 2. The van der Waals surface area contributed by atoms with Gasteiger partial charge in [-0.3, -0.25) is 4.98 Å². The lowest BCUT2D eigenvalue weighted by molar-refractivity contribution is 0.0696. The summed E-state index contributed by atoms with van der Waals surface area (Å²) in [5.41, 5.74) is 0.979. The van der Waals surface area contributed by atoms with E-state index >= 15 is 0 Å². The van der Waals surface area contributed by atoms with Crippen LogP contribution in [0.3, 0.4) is 0 Å². The number of carbonyl (C=O) groups is 1. The molecule has 2 aromatic rings. The van der Waals surface area contributed by atoms with Crippen molar-refractivity contribution in [1.29, 1.82) is 0 Å². The molecule has 0 aliphatic carbocycles. The molecule has 2 rings (SSSR count). The van der Waals surface area contributed by atoms with Gasteiger partial charge in [-0.05, 0) is 56.1 Å². The Hall–Kier alpha value is -1.40. The lowest BCUT2D eigenvalue weighted by atomic mass is 10.2. The summed E-state index contributed by atoms with van der Waals surface area (Å²) in [6, 6.07) is 8.56. The van der Waals surface area contributed by atoms with Crippen molar-refractivity contribution in [1.82, 2.24) is 4.98 Å². The molecule has 0 aliphatic heterocycles. The van der Waals surface area contributed by atoms with E-state index in [0.29, 0.717) is 21.3 Å². The van der Waals surface area contributed by atoms with Crippen LogP contribution in [0.25, 0.3) is 0 Å². The van der Waals surface area contributed by atoms with Crippen LogP contribution in [-0.4, -0.2) is 16.1 Å². The number of aromatic carboxylic acids is 1. The van der Waals surface area contributed by atoms with Gasteiger partial charge in [0.05, 0.1) is 20.2 Å². The average molecular weight is 387 g/mol. The second kappa shape index (κ2) is 6.16. The quantitative estimate of drug-likeness (QED) is 0.865. The topological polar surface area (TPSA) is 59.4 Å². The maximum absolute atomic E-state index is 10.9. The smallest absolute Gasteiger partial charge is 0.335 e. The van der Waals surface area contributed by atoms with Crippen molar-refractivity contribution in [3.8, 4) is 5.75 Å². The predicted octanol–water partition coefficient (Wildman–Crippen LogP) is 3.88. The van der Waals surface area contributed by atoms with E-state index in [4.69, 9.17) is 9.84 Å². The second-order valence-electron chi connectivity index (χ2n) is 3.68. The Kier molecular flexibility index (Phi) is 4.55. The summed E-state index contributed by atoms with van der Waals surface area (Å²) < 4.78 is 6.80. The van der Waals surface area contributed by atoms with Gasteiger partial charge in [-0.1, -0.05) is 6.07 Å². The fourth-order valence-corrected chi connectivity index (χ4v) is 2.87. The maximum atomic E-state index is 10.9. The molecule has 0 unspecified atom stereocenters. The predicted molar refractivity (Wildman–Crippen MR) is 77.4 cm³/mol. The van der Waals surface area contributed by atoms with Gasteiger partial charge in [0.1, 0.15) is 12.4 Å². The Balaban J connectivity index is 2.19. The molecule has 98 valence electrons. The summed E-state index contributed by atoms with van der Waals surface area (Å²) in [6.07, 6.45) is 1.69. The van der Waals surface area contributed by atoms with Gasteiger partial charge in [-0.15, -0.1) is 0 Å². The number of ether oxygens (including phenoxy) is 1. The molecule has 0 spiro atoms. The van der Waals surface area contributed by atoms with Gasteiger partial charge in [0.15, 0.2) is 0 Å². The summed E-state index contributed by atoms with van der Waals surface area (Å²) in [7, 11) is 0. The van der Waals surface area contributed by atoms with Gasteiger partial charge in [-0.25, -0.2) is 4.79 Å². The fraction of sp³-hybridized carbons (Fsp3) is 0.0769. The SMILES string of the molecule is O=C(O)c1cc(Br)c(OCc2ccccn2)c(Br)c1. The van der Waals surface area contributed by atoms with Crippen molar-refractivity contribution in [2.24, 2.45) is 0 Å². The third-order valence-electron chi connectivity index (χ3n) is 2.34. The molecule has 0 radical (unpaired) electrons. The highest BCUT2D eigenvalue weighted by atomic mass is 79.9. The van der Waals surface area contributed by atoms with Crippen molar-refractivity contribution in [2.75, 3.05) is 0 Å². The molecular weight excluding hydrogens is 378 g/mol. The molecule has 19 heavy (non-hydrogen) atoms. The minimum Gasteiger partial charge on any atom is -0.485 e.